The van der Waals surface area contributed by atoms with Crippen molar-refractivity contribution < 1.29 is 23.8 Å². The third-order valence-electron chi connectivity index (χ3n) is 4.06. The lowest BCUT2D eigenvalue weighted by molar-refractivity contribution is -0.124. The molecule has 0 fully saturated rings. The Morgan fingerprint density at radius 1 is 1.08 bits per heavy atom. The van der Waals surface area contributed by atoms with E-state index in [2.05, 4.69) is 5.32 Å². The lowest BCUT2D eigenvalue weighted by Crippen LogP contribution is -2.37. The maximum absolute atomic E-state index is 12.2. The number of nitrogens with one attached hydrogen (secondary N) is 1. The van der Waals surface area contributed by atoms with Crippen LogP contribution in [0.4, 0.5) is 0 Å². The van der Waals surface area contributed by atoms with Crippen LogP contribution >= 0.6 is 0 Å². The quantitative estimate of drug-likeness (QED) is 0.778. The molecule has 0 aromatic heterocycles. The van der Waals surface area contributed by atoms with Crippen molar-refractivity contribution >= 4 is 11.7 Å². The second-order valence-corrected chi connectivity index (χ2v) is 5.69. The Morgan fingerprint density at radius 3 is 2.36 bits per heavy atom. The summed E-state index contributed by atoms with van der Waals surface area (Å²) >= 11 is 0. The Balaban J connectivity index is 1.87. The fourth-order valence-corrected chi connectivity index (χ4v) is 2.58. The topological polar surface area (TPSA) is 73.9 Å². The first kappa shape index (κ1) is 18.7. The summed E-state index contributed by atoms with van der Waals surface area (Å²) in [5.74, 6) is 1.07. The summed E-state index contributed by atoms with van der Waals surface area (Å²) in [7, 11) is 4.69. The molecule has 1 aliphatic carbocycles. The predicted molar refractivity (Wildman–Crippen MR) is 93.9 cm³/mol. The van der Waals surface area contributed by atoms with E-state index in [1.54, 1.807) is 26.4 Å². The van der Waals surface area contributed by atoms with E-state index in [0.29, 0.717) is 24.5 Å². The molecule has 0 spiro atoms. The van der Waals surface area contributed by atoms with Gasteiger partial charge in [0, 0.05) is 13.7 Å². The number of carbonyl (C=O) groups is 2. The van der Waals surface area contributed by atoms with Crippen LogP contribution in [0, 0.1) is 0 Å². The molecule has 0 bridgehead atoms. The smallest absolute Gasteiger partial charge is 0.223 e. The third kappa shape index (κ3) is 4.93. The summed E-state index contributed by atoms with van der Waals surface area (Å²) in [5, 5.41) is 2.87. The number of amides is 1. The summed E-state index contributed by atoms with van der Waals surface area (Å²) in [6, 6.07) is 5.66. The van der Waals surface area contributed by atoms with E-state index in [0.717, 1.165) is 5.56 Å². The van der Waals surface area contributed by atoms with Crippen LogP contribution in [0.3, 0.4) is 0 Å². The van der Waals surface area contributed by atoms with Crippen molar-refractivity contribution in [3.63, 3.8) is 0 Å². The molecule has 0 aliphatic heterocycles. The van der Waals surface area contributed by atoms with Crippen LogP contribution in [0.15, 0.2) is 42.5 Å². The molecule has 25 heavy (non-hydrogen) atoms. The van der Waals surface area contributed by atoms with Crippen LogP contribution in [0.2, 0.25) is 0 Å². The zero-order chi connectivity index (χ0) is 18.3. The van der Waals surface area contributed by atoms with E-state index in [4.69, 9.17) is 14.2 Å². The number of hydrogen-bond donors (Lipinski definition) is 1. The van der Waals surface area contributed by atoms with Gasteiger partial charge in [-0.3, -0.25) is 9.59 Å². The number of hydrogen-bond acceptors (Lipinski definition) is 5. The second kappa shape index (κ2) is 8.48. The zero-order valence-corrected chi connectivity index (χ0v) is 14.7. The van der Waals surface area contributed by atoms with Gasteiger partial charge < -0.3 is 19.5 Å². The lowest BCUT2D eigenvalue weighted by atomic mass is 9.93. The van der Waals surface area contributed by atoms with Gasteiger partial charge in [0.2, 0.25) is 5.91 Å². The normalized spacial score (nSPS) is 15.1. The molecule has 134 valence electrons. The average molecular weight is 345 g/mol. The van der Waals surface area contributed by atoms with Crippen LogP contribution < -0.4 is 14.8 Å². The summed E-state index contributed by atoms with van der Waals surface area (Å²) in [6.45, 7) is 0.487. The molecule has 0 atom stereocenters. The SMILES string of the molecule is COc1ccc(CCNC(=O)CC2(OC)C=CC(=O)C=C2)cc1OC. The predicted octanol–water partition coefficient (Wildman–Crippen LogP) is 1.83. The minimum Gasteiger partial charge on any atom is -0.493 e. The van der Waals surface area contributed by atoms with Gasteiger partial charge in [-0.1, -0.05) is 6.07 Å². The van der Waals surface area contributed by atoms with E-state index in [9.17, 15) is 9.59 Å². The van der Waals surface area contributed by atoms with Crippen molar-refractivity contribution in [2.45, 2.75) is 18.4 Å². The monoisotopic (exact) mass is 345 g/mol. The Bertz CT molecular complexity index is 677. The lowest BCUT2D eigenvalue weighted by Gasteiger charge is -2.26. The molecular formula is C19H23NO5. The fraction of sp³-hybridized carbons (Fsp3) is 0.368. The van der Waals surface area contributed by atoms with Gasteiger partial charge in [-0.25, -0.2) is 0 Å². The van der Waals surface area contributed by atoms with Crippen LogP contribution in [0.5, 0.6) is 11.5 Å². The first-order valence-corrected chi connectivity index (χ1v) is 7.97. The largest absolute Gasteiger partial charge is 0.493 e. The van der Waals surface area contributed by atoms with Gasteiger partial charge in [-0.15, -0.1) is 0 Å². The van der Waals surface area contributed by atoms with Gasteiger partial charge in [-0.05, 0) is 48.4 Å². The number of benzene rings is 1. The maximum atomic E-state index is 12.2. The van der Waals surface area contributed by atoms with Gasteiger partial charge in [0.15, 0.2) is 17.3 Å². The molecule has 1 aromatic carbocycles. The third-order valence-corrected chi connectivity index (χ3v) is 4.06. The van der Waals surface area contributed by atoms with E-state index >= 15 is 0 Å². The minimum atomic E-state index is -0.860. The Kier molecular flexibility index (Phi) is 6.36. The van der Waals surface area contributed by atoms with Crippen molar-refractivity contribution in [2.24, 2.45) is 0 Å². The van der Waals surface area contributed by atoms with Crippen molar-refractivity contribution in [3.8, 4) is 11.5 Å². The highest BCUT2D eigenvalue weighted by atomic mass is 16.5. The molecule has 1 aliphatic rings. The Hall–Kier alpha value is -2.60. The standard InChI is InChI=1S/C19H23NO5/c1-23-16-5-4-14(12-17(16)24-2)8-11-20-18(22)13-19(25-3)9-6-15(21)7-10-19/h4-7,9-10,12H,8,11,13H2,1-3H3,(H,20,22). The van der Waals surface area contributed by atoms with Crippen molar-refractivity contribution in [1.82, 2.24) is 5.32 Å². The molecule has 1 aromatic rings. The van der Waals surface area contributed by atoms with E-state index in [1.165, 1.54) is 19.3 Å². The van der Waals surface area contributed by atoms with Crippen LogP contribution in [0.25, 0.3) is 0 Å². The number of rotatable bonds is 8. The summed E-state index contributed by atoms with van der Waals surface area (Å²) < 4.78 is 15.9. The summed E-state index contributed by atoms with van der Waals surface area (Å²) in [5.41, 5.74) is 0.170. The Labute approximate surface area is 147 Å². The van der Waals surface area contributed by atoms with Crippen molar-refractivity contribution in [2.75, 3.05) is 27.9 Å². The summed E-state index contributed by atoms with van der Waals surface area (Å²) in [6.07, 6.45) is 6.85. The highest BCUT2D eigenvalue weighted by Gasteiger charge is 2.29. The van der Waals surface area contributed by atoms with Gasteiger partial charge in [0.25, 0.3) is 0 Å². The van der Waals surface area contributed by atoms with Gasteiger partial charge in [0.05, 0.1) is 20.6 Å². The highest BCUT2D eigenvalue weighted by molar-refractivity contribution is 6.00. The number of allylic oxidation sites excluding steroid dienone is 2. The van der Waals surface area contributed by atoms with Crippen LogP contribution in [-0.4, -0.2) is 45.2 Å². The molecule has 0 saturated carbocycles. The number of methoxy groups -OCH3 is 3. The van der Waals surface area contributed by atoms with Crippen molar-refractivity contribution in [3.05, 3.63) is 48.1 Å². The van der Waals surface area contributed by atoms with E-state index in [-0.39, 0.29) is 18.1 Å². The van der Waals surface area contributed by atoms with Crippen molar-refractivity contribution in [1.29, 1.82) is 0 Å². The molecule has 0 unspecified atom stereocenters. The highest BCUT2D eigenvalue weighted by Crippen LogP contribution is 2.27. The first-order chi connectivity index (χ1) is 12.0. The van der Waals surface area contributed by atoms with Crippen LogP contribution in [-0.2, 0) is 20.7 Å². The Morgan fingerprint density at radius 2 is 1.76 bits per heavy atom. The molecule has 0 saturated heterocycles. The zero-order valence-electron chi connectivity index (χ0n) is 14.7. The first-order valence-electron chi connectivity index (χ1n) is 7.97. The molecular weight excluding hydrogens is 322 g/mol. The van der Waals surface area contributed by atoms with Gasteiger partial charge >= 0.3 is 0 Å². The second-order valence-electron chi connectivity index (χ2n) is 5.69. The van der Waals surface area contributed by atoms with E-state index < -0.39 is 5.60 Å². The minimum absolute atomic E-state index is 0.110. The average Bonchev–Trinajstić information content (AvgIpc) is 2.63. The molecule has 0 radical (unpaired) electrons. The fourth-order valence-electron chi connectivity index (χ4n) is 2.58. The molecule has 6 nitrogen and oxygen atoms in total. The maximum Gasteiger partial charge on any atom is 0.223 e. The van der Waals surface area contributed by atoms with Gasteiger partial charge in [0.1, 0.15) is 5.60 Å². The molecule has 6 heteroatoms. The molecule has 1 amide bonds. The number of ether oxygens (including phenoxy) is 3. The number of ketones is 1. The van der Waals surface area contributed by atoms with Crippen LogP contribution in [0.1, 0.15) is 12.0 Å². The summed E-state index contributed by atoms with van der Waals surface area (Å²) in [4.78, 5) is 23.4. The number of carbonyl (C=O) groups excluding carboxylic acids is 2. The van der Waals surface area contributed by atoms with E-state index in [1.807, 2.05) is 18.2 Å². The molecule has 2 rings (SSSR count). The molecule has 0 heterocycles. The molecule has 1 N–H and O–H groups in total. The van der Waals surface area contributed by atoms with Gasteiger partial charge in [-0.2, -0.15) is 0 Å².